The summed E-state index contributed by atoms with van der Waals surface area (Å²) in [4.78, 5) is 0. The molecule has 1 unspecified atom stereocenters. The monoisotopic (exact) mass is 93.0 g/mol. The fourth-order valence-corrected chi connectivity index (χ4v) is 0. The van der Waals surface area contributed by atoms with E-state index in [0.717, 1.165) is 7.53 Å². The van der Waals surface area contributed by atoms with E-state index in [1.807, 2.05) is 0 Å². The van der Waals surface area contributed by atoms with Crippen LogP contribution in [0.3, 0.4) is 0 Å². The van der Waals surface area contributed by atoms with E-state index in [-0.39, 0.29) is 0 Å². The van der Waals surface area contributed by atoms with Crippen molar-refractivity contribution in [1.82, 2.24) is 0 Å². The van der Waals surface area contributed by atoms with E-state index in [1.54, 1.807) is 6.66 Å². The van der Waals surface area contributed by atoms with Gasteiger partial charge in [0.05, 0.1) is 1.28 Å². The van der Waals surface area contributed by atoms with E-state index in [4.69, 9.17) is 2.61 Å². The molecule has 0 heterocycles. The predicted octanol–water partition coefficient (Wildman–Crippen LogP) is 0.108. The highest BCUT2D eigenvalue weighted by Gasteiger charge is 1.54. The Bertz CT molecular complexity index is 77.6. The molecule has 23 valence electrons. The van der Waals surface area contributed by atoms with Gasteiger partial charge in [-0.15, -0.1) is 11.8 Å². The molecule has 0 aromatic rings. The van der Waals surface area contributed by atoms with Crippen LogP contribution < -0.4 is 0 Å². The molecule has 0 spiro atoms. The smallest absolute Gasteiger partial charge is 0.112 e. The van der Waals surface area contributed by atoms with Gasteiger partial charge in [-0.25, -0.2) is 0 Å². The topological polar surface area (TPSA) is 0 Å². The molecule has 0 N–H and O–H groups in total. The molecule has 0 aliphatic heterocycles. The Hall–Kier alpha value is 0.715. The average Bonchev–Trinajstić information content (AvgIpc) is 1.35. The Balaban J connectivity index is 3.48. The first-order valence-electron chi connectivity index (χ1n) is 1.91. The molecule has 0 aromatic carbocycles. The zero-order valence-electron chi connectivity index (χ0n) is 4.43. The van der Waals surface area contributed by atoms with E-state index in [9.17, 15) is 0 Å². The van der Waals surface area contributed by atoms with Crippen molar-refractivity contribution in [3.05, 3.63) is 0 Å². The first-order valence-corrected chi connectivity index (χ1v) is 3.76. The third-order valence-corrected chi connectivity index (χ3v) is 0. The molecule has 0 bridgehead atoms. The van der Waals surface area contributed by atoms with Gasteiger partial charge in [-0.3, -0.25) is 0 Å². The van der Waals surface area contributed by atoms with Gasteiger partial charge < -0.3 is 0 Å². The molecule has 0 amide bonds. The summed E-state index contributed by atoms with van der Waals surface area (Å²) in [5.41, 5.74) is 0. The zero-order valence-corrected chi connectivity index (χ0v) is 4.14. The number of hydrogen-bond donors (Lipinski definition) is 0. The maximum absolute atomic E-state index is 6.86. The van der Waals surface area contributed by atoms with Gasteiger partial charge in [-0.05, 0) is 8.00 Å². The minimum Gasteiger partial charge on any atom is -0.112 e. The van der Waals surface area contributed by atoms with Gasteiger partial charge >= 0.3 is 0 Å². The molecule has 4 heavy (non-hydrogen) atoms. The fraction of sp³-hybridized carbons (Fsp3) is 1.00. The average molecular weight is 92.9 g/mol. The summed E-state index contributed by atoms with van der Waals surface area (Å²) in [5, 5.41) is 0. The maximum Gasteiger partial charge on any atom is 0.135 e. The number of rotatable bonds is 1. The third kappa shape index (κ3) is 15.6. The van der Waals surface area contributed by atoms with Crippen molar-refractivity contribution in [2.75, 3.05) is 6.66 Å². The molecular formula is CH5BPS. The maximum atomic E-state index is 6.86. The third-order valence-electron chi connectivity index (χ3n) is 0. The van der Waals surface area contributed by atoms with Crippen molar-refractivity contribution in [2.45, 2.75) is 0 Å². The fourth-order valence-electron chi connectivity index (χ4n) is 0. The SMILES string of the molecule is [2H][B]P([2H])(C)=S. The lowest BCUT2D eigenvalue weighted by atomic mass is 10.8. The van der Waals surface area contributed by atoms with E-state index in [2.05, 4.69) is 11.8 Å². The molecular weight excluding hydrogens is 85.9 g/mol. The first kappa shape index (κ1) is 1.99. The molecule has 0 aromatic heterocycles. The summed E-state index contributed by atoms with van der Waals surface area (Å²) < 4.78 is 13.4. The Morgan fingerprint density at radius 1 is 2.75 bits per heavy atom. The van der Waals surface area contributed by atoms with Gasteiger partial charge in [0, 0.05) is 0 Å². The van der Waals surface area contributed by atoms with E-state index >= 15 is 0 Å². The Morgan fingerprint density at radius 2 is 3.00 bits per heavy atom. The summed E-state index contributed by atoms with van der Waals surface area (Å²) in [6.07, 6.45) is 0. The predicted molar refractivity (Wildman–Crippen MR) is 28.8 cm³/mol. The minimum atomic E-state index is -2.02. The molecule has 0 saturated heterocycles. The highest BCUT2D eigenvalue weighted by Crippen LogP contribution is 1.99. The highest BCUT2D eigenvalue weighted by atomic mass is 32.4. The standard InChI is InChI=1S/CH5BPS/c1-3(2)4/h2-3H,1H3/i2D,3D. The first-order chi connectivity index (χ1) is 2.56. The normalized spacial score (nSPS) is 29.2. The van der Waals surface area contributed by atoms with Gasteiger partial charge in [0.15, 0.2) is 0 Å². The van der Waals surface area contributed by atoms with Crippen LogP contribution >= 0.6 is 6.52 Å². The Kier molecular flexibility index (Phi) is 0.988. The molecule has 1 atom stereocenters. The summed E-state index contributed by atoms with van der Waals surface area (Å²) in [5.74, 6) is 0. The second kappa shape index (κ2) is 1.98. The van der Waals surface area contributed by atoms with Crippen LogP contribution in [0.1, 0.15) is 0 Å². The quantitative estimate of drug-likeness (QED) is 0.327. The van der Waals surface area contributed by atoms with Crippen molar-refractivity contribution in [3.63, 3.8) is 0 Å². The lowest BCUT2D eigenvalue weighted by Gasteiger charge is -1.63. The van der Waals surface area contributed by atoms with E-state index in [1.165, 1.54) is 0 Å². The molecule has 3 heteroatoms. The van der Waals surface area contributed by atoms with Crippen LogP contribution in [0.25, 0.3) is 0 Å². The molecule has 0 nitrogen and oxygen atoms in total. The Labute approximate surface area is 36.0 Å². The van der Waals surface area contributed by atoms with Crippen LogP contribution in [0.2, 0.25) is 0 Å². The molecule has 0 aliphatic rings. The molecule has 0 fully saturated rings. The summed E-state index contributed by atoms with van der Waals surface area (Å²) in [6.45, 7) is -0.429. The Morgan fingerprint density at radius 3 is 3.00 bits per heavy atom. The lowest BCUT2D eigenvalue weighted by molar-refractivity contribution is 2.50. The summed E-state index contributed by atoms with van der Waals surface area (Å²) >= 11 is 4.52. The van der Waals surface area contributed by atoms with Crippen LogP contribution in [-0.2, 0) is 11.8 Å². The van der Waals surface area contributed by atoms with Crippen molar-refractivity contribution in [2.24, 2.45) is 0 Å². The molecule has 0 saturated carbocycles. The van der Waals surface area contributed by atoms with Crippen LogP contribution in [-0.4, -0.2) is 16.8 Å². The van der Waals surface area contributed by atoms with Gasteiger partial charge in [-0.2, -0.15) is 0 Å². The second-order valence-electron chi connectivity index (χ2n) is 0.546. The van der Waals surface area contributed by atoms with Crippen LogP contribution in [0.15, 0.2) is 0 Å². The van der Waals surface area contributed by atoms with Gasteiger partial charge in [-0.1, -0.05) is 6.52 Å². The van der Waals surface area contributed by atoms with Crippen LogP contribution in [0.4, 0.5) is 0 Å². The lowest BCUT2D eigenvalue weighted by Crippen LogP contribution is -1.37. The van der Waals surface area contributed by atoms with E-state index in [0.29, 0.717) is 0 Å². The van der Waals surface area contributed by atoms with Crippen molar-refractivity contribution < 1.29 is 0 Å². The van der Waals surface area contributed by atoms with Crippen molar-refractivity contribution in [1.29, 1.82) is 2.61 Å². The molecule has 0 rings (SSSR count). The van der Waals surface area contributed by atoms with Gasteiger partial charge in [0.2, 0.25) is 0 Å². The van der Waals surface area contributed by atoms with Gasteiger partial charge in [0.1, 0.15) is 7.53 Å². The van der Waals surface area contributed by atoms with Crippen LogP contribution in [0.5, 0.6) is 0 Å². The molecule has 0 aliphatic carbocycles. The minimum absolute atomic E-state index is 1.03. The second-order valence-corrected chi connectivity index (χ2v) is 3.37. The number of hydrogen-bond acceptors (Lipinski definition) is 1. The van der Waals surface area contributed by atoms with Gasteiger partial charge in [0.25, 0.3) is 0 Å². The largest absolute Gasteiger partial charge is 0.135 e. The summed E-state index contributed by atoms with van der Waals surface area (Å²) in [6, 6.07) is 0. The summed E-state index contributed by atoms with van der Waals surface area (Å²) in [7, 11) is 1.03. The van der Waals surface area contributed by atoms with Crippen LogP contribution in [0, 0.1) is 0 Å². The van der Waals surface area contributed by atoms with E-state index < -0.39 is 6.52 Å². The molecule has 1 radical (unpaired) electrons. The highest BCUT2D eigenvalue weighted by molar-refractivity contribution is 8.16. The van der Waals surface area contributed by atoms with Crippen molar-refractivity contribution >= 4 is 25.9 Å². The van der Waals surface area contributed by atoms with Crippen molar-refractivity contribution in [3.8, 4) is 0 Å². The zero-order chi connectivity index (χ0) is 5.21.